The second-order valence-corrected chi connectivity index (χ2v) is 6.99. The fraction of sp³-hybridized carbons (Fsp3) is 0.462. The Morgan fingerprint density at radius 1 is 1.26 bits per heavy atom. The Hall–Kier alpha value is -0.690. The summed E-state index contributed by atoms with van der Waals surface area (Å²) in [5, 5.41) is 5.02. The van der Waals surface area contributed by atoms with E-state index in [1.165, 1.54) is 0 Å². The largest absolute Gasteiger partial charge is 0.275 e. The highest BCUT2D eigenvalue weighted by molar-refractivity contribution is 14.1. The predicted molar refractivity (Wildman–Crippen MR) is 85.4 cm³/mol. The summed E-state index contributed by atoms with van der Waals surface area (Å²) >= 11 is 8.31. The molecule has 6 heteroatoms. The van der Waals surface area contributed by atoms with Crippen LogP contribution in [-0.4, -0.2) is 19.7 Å². The lowest BCUT2D eigenvalue weighted by atomic mass is 9.89. The van der Waals surface area contributed by atoms with Gasteiger partial charge in [0.15, 0.2) is 5.82 Å². The van der Waals surface area contributed by atoms with Gasteiger partial charge in [0.05, 0.1) is 20.5 Å². The summed E-state index contributed by atoms with van der Waals surface area (Å²) in [7, 11) is 1.90. The summed E-state index contributed by atoms with van der Waals surface area (Å²) in [6.45, 7) is 8.31. The maximum absolute atomic E-state index is 6.16. The van der Waals surface area contributed by atoms with Crippen LogP contribution in [0.2, 0.25) is 5.15 Å². The van der Waals surface area contributed by atoms with Gasteiger partial charge >= 0.3 is 0 Å². The summed E-state index contributed by atoms with van der Waals surface area (Å²) in [6.07, 6.45) is 1.94. The number of aryl methyl sites for hydroxylation is 2. The van der Waals surface area contributed by atoms with E-state index in [-0.39, 0.29) is 5.41 Å². The van der Waals surface area contributed by atoms with Crippen LogP contribution in [0.4, 0.5) is 0 Å². The van der Waals surface area contributed by atoms with Gasteiger partial charge in [-0.05, 0) is 29.5 Å². The molecule has 0 N–H and O–H groups in total. The molecule has 2 rings (SSSR count). The Labute approximate surface area is 131 Å². The van der Waals surface area contributed by atoms with Gasteiger partial charge in [-0.3, -0.25) is 4.68 Å². The Balaban J connectivity index is 2.66. The maximum atomic E-state index is 6.16. The van der Waals surface area contributed by atoms with Crippen molar-refractivity contribution < 1.29 is 0 Å². The molecule has 4 nitrogen and oxygen atoms in total. The van der Waals surface area contributed by atoms with Gasteiger partial charge in [0, 0.05) is 18.7 Å². The third-order valence-corrected chi connectivity index (χ3v) is 4.64. The SMILES string of the molecule is Cc1nc(-c2cn(C)nc2C(C)(C)C)nc(Cl)c1I. The molecule has 0 bridgehead atoms. The van der Waals surface area contributed by atoms with Crippen LogP contribution in [0, 0.1) is 10.5 Å². The molecule has 0 aliphatic rings. The summed E-state index contributed by atoms with van der Waals surface area (Å²) in [5.74, 6) is 0.640. The third kappa shape index (κ3) is 2.91. The topological polar surface area (TPSA) is 43.6 Å². The van der Waals surface area contributed by atoms with E-state index in [2.05, 4.69) is 58.4 Å². The Bertz CT molecular complexity index is 605. The minimum atomic E-state index is -0.0661. The molecule has 0 aliphatic heterocycles. The summed E-state index contributed by atoms with van der Waals surface area (Å²) in [5.41, 5.74) is 2.74. The molecule has 0 saturated heterocycles. The molecule has 0 aliphatic carbocycles. The number of hydrogen-bond acceptors (Lipinski definition) is 3. The van der Waals surface area contributed by atoms with Gasteiger partial charge in [-0.1, -0.05) is 32.4 Å². The van der Waals surface area contributed by atoms with E-state index in [0.29, 0.717) is 11.0 Å². The van der Waals surface area contributed by atoms with Crippen molar-refractivity contribution in [1.29, 1.82) is 0 Å². The van der Waals surface area contributed by atoms with Crippen LogP contribution in [0.5, 0.6) is 0 Å². The number of rotatable bonds is 1. The van der Waals surface area contributed by atoms with Gasteiger partial charge in [-0.15, -0.1) is 0 Å². The number of hydrogen-bond donors (Lipinski definition) is 0. The molecule has 0 aromatic carbocycles. The molecule has 0 amide bonds. The summed E-state index contributed by atoms with van der Waals surface area (Å²) < 4.78 is 2.68. The standard InChI is InChI=1S/C13H16ClIN4/c1-7-9(15)11(14)17-12(16-7)8-6-19(5)18-10(8)13(2,3)4/h6H,1-5H3. The molecule has 19 heavy (non-hydrogen) atoms. The first kappa shape index (κ1) is 14.7. The van der Waals surface area contributed by atoms with Crippen molar-refractivity contribution in [3.8, 4) is 11.4 Å². The Kier molecular flexibility index (Phi) is 3.88. The van der Waals surface area contributed by atoms with Gasteiger partial charge in [0.2, 0.25) is 0 Å². The van der Waals surface area contributed by atoms with Crippen molar-refractivity contribution >= 4 is 34.2 Å². The van der Waals surface area contributed by atoms with E-state index in [1.807, 2.05) is 20.2 Å². The molecule has 0 spiro atoms. The van der Waals surface area contributed by atoms with E-state index in [0.717, 1.165) is 20.5 Å². The highest BCUT2D eigenvalue weighted by Gasteiger charge is 2.24. The first-order chi connectivity index (χ1) is 8.70. The van der Waals surface area contributed by atoms with Gasteiger partial charge in [0.25, 0.3) is 0 Å². The average molecular weight is 391 g/mol. The monoisotopic (exact) mass is 390 g/mol. The van der Waals surface area contributed by atoms with E-state index < -0.39 is 0 Å². The van der Waals surface area contributed by atoms with Crippen LogP contribution in [0.15, 0.2) is 6.20 Å². The first-order valence-corrected chi connectivity index (χ1v) is 7.40. The molecular weight excluding hydrogens is 375 g/mol. The van der Waals surface area contributed by atoms with E-state index in [1.54, 1.807) is 4.68 Å². The molecule has 2 aromatic rings. The lowest BCUT2D eigenvalue weighted by Crippen LogP contribution is -2.14. The van der Waals surface area contributed by atoms with Crippen molar-refractivity contribution in [2.45, 2.75) is 33.1 Å². The number of halogens is 2. The second-order valence-electron chi connectivity index (χ2n) is 5.55. The lowest BCUT2D eigenvalue weighted by Gasteiger charge is -2.17. The maximum Gasteiger partial charge on any atom is 0.164 e. The normalized spacial score (nSPS) is 11.9. The van der Waals surface area contributed by atoms with Crippen LogP contribution in [0.1, 0.15) is 32.2 Å². The van der Waals surface area contributed by atoms with Crippen LogP contribution in [-0.2, 0) is 12.5 Å². The average Bonchev–Trinajstić information content (AvgIpc) is 2.67. The van der Waals surface area contributed by atoms with Crippen molar-refractivity contribution in [3.63, 3.8) is 0 Å². The Morgan fingerprint density at radius 3 is 2.42 bits per heavy atom. The molecule has 102 valence electrons. The fourth-order valence-corrected chi connectivity index (χ4v) is 2.31. The van der Waals surface area contributed by atoms with Crippen molar-refractivity contribution in [3.05, 3.63) is 26.3 Å². The molecular formula is C13H16ClIN4. The molecule has 0 unspecified atom stereocenters. The molecule has 0 fully saturated rings. The minimum absolute atomic E-state index is 0.0661. The molecule has 2 aromatic heterocycles. The quantitative estimate of drug-likeness (QED) is 0.550. The van der Waals surface area contributed by atoms with E-state index in [9.17, 15) is 0 Å². The van der Waals surface area contributed by atoms with Gasteiger partial charge in [-0.2, -0.15) is 5.10 Å². The Morgan fingerprint density at radius 2 is 1.89 bits per heavy atom. The van der Waals surface area contributed by atoms with Crippen molar-refractivity contribution in [2.24, 2.45) is 7.05 Å². The van der Waals surface area contributed by atoms with E-state index >= 15 is 0 Å². The number of nitrogens with zero attached hydrogens (tertiary/aromatic N) is 4. The zero-order chi connectivity index (χ0) is 14.4. The molecule has 0 radical (unpaired) electrons. The van der Waals surface area contributed by atoms with Crippen LogP contribution in [0.25, 0.3) is 11.4 Å². The van der Waals surface area contributed by atoms with Crippen molar-refractivity contribution in [2.75, 3.05) is 0 Å². The second kappa shape index (κ2) is 5.01. The first-order valence-electron chi connectivity index (χ1n) is 5.94. The van der Waals surface area contributed by atoms with Crippen LogP contribution in [0.3, 0.4) is 0 Å². The van der Waals surface area contributed by atoms with Crippen LogP contribution >= 0.6 is 34.2 Å². The zero-order valence-electron chi connectivity index (χ0n) is 11.6. The predicted octanol–water partition coefficient (Wildman–Crippen LogP) is 3.74. The minimum Gasteiger partial charge on any atom is -0.275 e. The molecule has 0 saturated carbocycles. The molecule has 2 heterocycles. The summed E-state index contributed by atoms with van der Waals surface area (Å²) in [4.78, 5) is 8.92. The van der Waals surface area contributed by atoms with Crippen LogP contribution < -0.4 is 0 Å². The summed E-state index contributed by atoms with van der Waals surface area (Å²) in [6, 6.07) is 0. The van der Waals surface area contributed by atoms with Crippen molar-refractivity contribution in [1.82, 2.24) is 19.7 Å². The fourth-order valence-electron chi connectivity index (χ4n) is 1.85. The molecule has 0 atom stereocenters. The number of aromatic nitrogens is 4. The lowest BCUT2D eigenvalue weighted by molar-refractivity contribution is 0.554. The van der Waals surface area contributed by atoms with Gasteiger partial charge < -0.3 is 0 Å². The third-order valence-electron chi connectivity index (χ3n) is 2.76. The zero-order valence-corrected chi connectivity index (χ0v) is 14.5. The smallest absolute Gasteiger partial charge is 0.164 e. The highest BCUT2D eigenvalue weighted by atomic mass is 127. The van der Waals surface area contributed by atoms with E-state index in [4.69, 9.17) is 11.6 Å². The highest BCUT2D eigenvalue weighted by Crippen LogP contribution is 2.31. The van der Waals surface area contributed by atoms with Gasteiger partial charge in [0.1, 0.15) is 5.15 Å². The van der Waals surface area contributed by atoms with Gasteiger partial charge in [-0.25, -0.2) is 9.97 Å².